The Labute approximate surface area is 263 Å². The molecule has 44 heavy (non-hydrogen) atoms. The molecule has 0 saturated carbocycles. The van der Waals surface area contributed by atoms with Crippen LogP contribution in [-0.4, -0.2) is 97.2 Å². The third kappa shape index (κ3) is 7.08. The number of nitrogens with zero attached hydrogens (tertiary/aromatic N) is 6. The predicted molar refractivity (Wildman–Crippen MR) is 172 cm³/mol. The molecule has 0 unspecified atom stereocenters. The summed E-state index contributed by atoms with van der Waals surface area (Å²) in [6.07, 6.45) is 6.06. The van der Waals surface area contributed by atoms with Gasteiger partial charge in [-0.1, -0.05) is 17.7 Å². The molecule has 3 aromatic carbocycles. The van der Waals surface area contributed by atoms with Gasteiger partial charge in [-0.2, -0.15) is 0 Å². The van der Waals surface area contributed by atoms with Crippen molar-refractivity contribution in [3.63, 3.8) is 0 Å². The van der Waals surface area contributed by atoms with Crippen LogP contribution < -0.4 is 14.2 Å². The van der Waals surface area contributed by atoms with Crippen LogP contribution in [0.3, 0.4) is 0 Å². The zero-order valence-electron chi connectivity index (χ0n) is 25.4. The fourth-order valence-corrected chi connectivity index (χ4v) is 5.40. The van der Waals surface area contributed by atoms with Crippen molar-refractivity contribution >= 4 is 29.2 Å². The number of piperazine rings is 1. The standard InChI is InChI=1S/C33H37ClN6O4/c1-37(14-12-24-20-29(42-2)31(44-4)30(21-24)43-3)33(36-27-7-5-6-26(34)22-27)39-18-16-38(17-19-39)32(41)25-8-10-28(11-9-25)40-15-13-35-23-40/h5-11,13,15,20-23H,12,14,16-19H2,1-4H3. The quantitative estimate of drug-likeness (QED) is 0.189. The molecule has 0 aliphatic carbocycles. The number of ether oxygens (including phenoxy) is 3. The van der Waals surface area contributed by atoms with Crippen molar-refractivity contribution in [1.82, 2.24) is 24.3 Å². The van der Waals surface area contributed by atoms with Gasteiger partial charge in [0.25, 0.3) is 5.91 Å². The van der Waals surface area contributed by atoms with Crippen LogP contribution in [0.1, 0.15) is 15.9 Å². The summed E-state index contributed by atoms with van der Waals surface area (Å²) in [5.74, 6) is 2.64. The molecule has 0 spiro atoms. The van der Waals surface area contributed by atoms with Crippen molar-refractivity contribution in [2.24, 2.45) is 4.99 Å². The first-order chi connectivity index (χ1) is 21.4. The molecule has 1 fully saturated rings. The predicted octanol–water partition coefficient (Wildman–Crippen LogP) is 5.17. The smallest absolute Gasteiger partial charge is 0.253 e. The fraction of sp³-hybridized carbons (Fsp3) is 0.303. The Hall–Kier alpha value is -4.70. The number of carbonyl (C=O) groups is 1. The topological polar surface area (TPSA) is 84.7 Å². The Morgan fingerprint density at radius 3 is 2.20 bits per heavy atom. The number of methoxy groups -OCH3 is 3. The number of halogens is 1. The number of imidazole rings is 1. The van der Waals surface area contributed by atoms with Crippen LogP contribution in [-0.2, 0) is 6.42 Å². The van der Waals surface area contributed by atoms with Gasteiger partial charge in [0, 0.05) is 68.4 Å². The van der Waals surface area contributed by atoms with E-state index in [9.17, 15) is 4.79 Å². The average Bonchev–Trinajstić information content (AvgIpc) is 3.61. The minimum atomic E-state index is 0.0194. The highest BCUT2D eigenvalue weighted by atomic mass is 35.5. The number of benzene rings is 3. The number of rotatable bonds is 9. The van der Waals surface area contributed by atoms with Gasteiger partial charge in [-0.3, -0.25) is 4.79 Å². The van der Waals surface area contributed by atoms with E-state index in [4.69, 9.17) is 30.8 Å². The molecule has 230 valence electrons. The SMILES string of the molecule is COc1cc(CCN(C)C(=Nc2cccc(Cl)c2)N2CCN(C(=O)c3ccc(-n4ccnc4)cc3)CC2)cc(OC)c1OC. The summed E-state index contributed by atoms with van der Waals surface area (Å²) in [7, 11) is 6.85. The van der Waals surface area contributed by atoms with Crippen LogP contribution in [0.2, 0.25) is 5.02 Å². The maximum atomic E-state index is 13.3. The molecule has 1 aliphatic heterocycles. The summed E-state index contributed by atoms with van der Waals surface area (Å²) < 4.78 is 18.5. The molecule has 5 rings (SSSR count). The second kappa shape index (κ2) is 14.2. The zero-order valence-corrected chi connectivity index (χ0v) is 26.2. The van der Waals surface area contributed by atoms with E-state index < -0.39 is 0 Å². The van der Waals surface area contributed by atoms with E-state index in [1.54, 1.807) is 33.9 Å². The van der Waals surface area contributed by atoms with E-state index in [-0.39, 0.29) is 5.91 Å². The van der Waals surface area contributed by atoms with Crippen LogP contribution in [0, 0.1) is 0 Å². The summed E-state index contributed by atoms with van der Waals surface area (Å²) >= 11 is 6.29. The molecule has 0 atom stereocenters. The highest BCUT2D eigenvalue weighted by molar-refractivity contribution is 6.30. The second-order valence-electron chi connectivity index (χ2n) is 10.4. The molecule has 10 nitrogen and oxygen atoms in total. The first-order valence-corrected chi connectivity index (χ1v) is 14.7. The van der Waals surface area contributed by atoms with E-state index in [1.807, 2.05) is 83.4 Å². The van der Waals surface area contributed by atoms with Crippen molar-refractivity contribution < 1.29 is 19.0 Å². The van der Waals surface area contributed by atoms with Gasteiger partial charge in [-0.05, 0) is 66.6 Å². The number of hydrogen-bond acceptors (Lipinski definition) is 6. The van der Waals surface area contributed by atoms with Crippen molar-refractivity contribution in [2.45, 2.75) is 6.42 Å². The maximum absolute atomic E-state index is 13.3. The van der Waals surface area contributed by atoms with Gasteiger partial charge < -0.3 is 33.5 Å². The Morgan fingerprint density at radius 1 is 0.932 bits per heavy atom. The molecule has 4 aromatic rings. The minimum absolute atomic E-state index is 0.0194. The molecule has 0 radical (unpaired) electrons. The number of hydrogen-bond donors (Lipinski definition) is 0. The van der Waals surface area contributed by atoms with Gasteiger partial charge in [0.05, 0.1) is 33.3 Å². The Bertz CT molecular complexity index is 1560. The van der Waals surface area contributed by atoms with E-state index in [0.717, 1.165) is 29.3 Å². The van der Waals surface area contributed by atoms with Crippen LogP contribution in [0.15, 0.2) is 84.4 Å². The summed E-state index contributed by atoms with van der Waals surface area (Å²) in [5.41, 5.74) is 3.43. The van der Waals surface area contributed by atoms with Gasteiger partial charge in [0.1, 0.15) is 0 Å². The second-order valence-corrected chi connectivity index (χ2v) is 10.8. The number of likely N-dealkylation sites (N-methyl/N-ethyl adjacent to an activating group) is 1. The maximum Gasteiger partial charge on any atom is 0.253 e. The third-order valence-corrected chi connectivity index (χ3v) is 7.84. The average molecular weight is 617 g/mol. The van der Waals surface area contributed by atoms with Crippen molar-refractivity contribution in [3.8, 4) is 22.9 Å². The first kappa shape index (κ1) is 30.7. The summed E-state index contributed by atoms with van der Waals surface area (Å²) in [5, 5.41) is 0.625. The Kier molecular flexibility index (Phi) is 9.91. The molecular weight excluding hydrogens is 580 g/mol. The van der Waals surface area contributed by atoms with E-state index in [2.05, 4.69) is 14.8 Å². The van der Waals surface area contributed by atoms with Crippen LogP contribution in [0.5, 0.6) is 17.2 Å². The zero-order chi connectivity index (χ0) is 31.1. The van der Waals surface area contributed by atoms with Gasteiger partial charge in [0.15, 0.2) is 11.5 Å². The Balaban J connectivity index is 1.29. The molecule has 1 aromatic heterocycles. The monoisotopic (exact) mass is 616 g/mol. The van der Waals surface area contributed by atoms with Crippen molar-refractivity contribution in [3.05, 3.63) is 95.5 Å². The van der Waals surface area contributed by atoms with Gasteiger partial charge in [0.2, 0.25) is 11.7 Å². The largest absolute Gasteiger partial charge is 0.493 e. The molecule has 0 N–H and O–H groups in total. The highest BCUT2D eigenvalue weighted by Crippen LogP contribution is 2.38. The molecule has 1 aliphatic rings. The fourth-order valence-electron chi connectivity index (χ4n) is 5.22. The molecular formula is C33H37ClN6O4. The minimum Gasteiger partial charge on any atom is -0.493 e. The van der Waals surface area contributed by atoms with Crippen molar-refractivity contribution in [1.29, 1.82) is 0 Å². The molecule has 1 saturated heterocycles. The lowest BCUT2D eigenvalue weighted by Crippen LogP contribution is -2.54. The van der Waals surface area contributed by atoms with E-state index in [1.165, 1.54) is 0 Å². The number of amides is 1. The molecule has 1 amide bonds. The van der Waals surface area contributed by atoms with Crippen molar-refractivity contribution in [2.75, 3.05) is 61.1 Å². The van der Waals surface area contributed by atoms with Crippen LogP contribution in [0.25, 0.3) is 5.69 Å². The number of carbonyl (C=O) groups excluding carboxylic acids is 1. The Morgan fingerprint density at radius 2 is 1.61 bits per heavy atom. The normalized spacial score (nSPS) is 13.5. The lowest BCUT2D eigenvalue weighted by atomic mass is 10.1. The number of guanidine groups is 1. The summed E-state index contributed by atoms with van der Waals surface area (Å²) in [6, 6.07) is 19.1. The molecule has 0 bridgehead atoms. The van der Waals surface area contributed by atoms with Crippen LogP contribution in [0.4, 0.5) is 5.69 Å². The van der Waals surface area contributed by atoms with E-state index >= 15 is 0 Å². The van der Waals surface area contributed by atoms with Gasteiger partial charge >= 0.3 is 0 Å². The van der Waals surface area contributed by atoms with E-state index in [0.29, 0.717) is 60.6 Å². The molecule has 11 heteroatoms. The summed E-state index contributed by atoms with van der Waals surface area (Å²) in [4.78, 5) is 28.7. The first-order valence-electron chi connectivity index (χ1n) is 14.4. The highest BCUT2D eigenvalue weighted by Gasteiger charge is 2.26. The third-order valence-electron chi connectivity index (χ3n) is 7.61. The lowest BCUT2D eigenvalue weighted by molar-refractivity contribution is 0.0684. The van der Waals surface area contributed by atoms with Gasteiger partial charge in [-0.15, -0.1) is 0 Å². The lowest BCUT2D eigenvalue weighted by Gasteiger charge is -2.39. The summed E-state index contributed by atoms with van der Waals surface area (Å²) in [6.45, 7) is 3.13. The number of aromatic nitrogens is 2. The molecule has 2 heterocycles. The van der Waals surface area contributed by atoms with Gasteiger partial charge in [-0.25, -0.2) is 9.98 Å². The van der Waals surface area contributed by atoms with Crippen LogP contribution >= 0.6 is 11.6 Å². The number of aliphatic imine (C=N–C) groups is 1.